The fraction of sp³-hybridized carbons (Fsp3) is 0.421. The predicted molar refractivity (Wildman–Crippen MR) is 106 cm³/mol. The molecule has 7 heteroatoms. The fourth-order valence-corrected chi connectivity index (χ4v) is 3.29. The molecular formula is C19H27FN4OS. The van der Waals surface area contributed by atoms with Gasteiger partial charge in [0.2, 0.25) is 0 Å². The fourth-order valence-electron chi connectivity index (χ4n) is 2.43. The Morgan fingerprint density at radius 3 is 2.62 bits per heavy atom. The number of rotatable bonds is 9. The van der Waals surface area contributed by atoms with Gasteiger partial charge in [0.25, 0.3) is 0 Å². The van der Waals surface area contributed by atoms with Crippen molar-refractivity contribution in [3.8, 4) is 0 Å². The van der Waals surface area contributed by atoms with Gasteiger partial charge in [0, 0.05) is 25.0 Å². The number of nitrogens with zero attached hydrogens (tertiary/aromatic N) is 2. The van der Waals surface area contributed by atoms with Crippen molar-refractivity contribution in [2.75, 3.05) is 40.0 Å². The third kappa shape index (κ3) is 6.72. The van der Waals surface area contributed by atoms with Gasteiger partial charge in [-0.1, -0.05) is 0 Å². The smallest absolute Gasteiger partial charge is 0.191 e. The molecule has 0 saturated carbocycles. The molecule has 26 heavy (non-hydrogen) atoms. The van der Waals surface area contributed by atoms with Gasteiger partial charge in [-0.05, 0) is 62.7 Å². The van der Waals surface area contributed by atoms with Crippen molar-refractivity contribution in [2.45, 2.75) is 17.4 Å². The molecule has 2 aromatic rings. The lowest BCUT2D eigenvalue weighted by Crippen LogP contribution is -2.42. The van der Waals surface area contributed by atoms with Gasteiger partial charge in [0.05, 0.1) is 12.3 Å². The molecule has 1 aromatic heterocycles. The molecule has 1 heterocycles. The van der Waals surface area contributed by atoms with E-state index in [1.807, 2.05) is 38.4 Å². The van der Waals surface area contributed by atoms with Gasteiger partial charge >= 0.3 is 0 Å². The van der Waals surface area contributed by atoms with Gasteiger partial charge in [-0.25, -0.2) is 4.39 Å². The largest absolute Gasteiger partial charge is 0.468 e. The van der Waals surface area contributed by atoms with E-state index in [0.717, 1.165) is 35.3 Å². The van der Waals surface area contributed by atoms with E-state index in [9.17, 15) is 4.39 Å². The van der Waals surface area contributed by atoms with Crippen LogP contribution < -0.4 is 10.6 Å². The predicted octanol–water partition coefficient (Wildman–Crippen LogP) is 3.37. The van der Waals surface area contributed by atoms with E-state index in [1.165, 1.54) is 12.1 Å². The van der Waals surface area contributed by atoms with Crippen LogP contribution >= 0.6 is 11.8 Å². The molecule has 0 aliphatic carbocycles. The van der Waals surface area contributed by atoms with Crippen LogP contribution in [0.5, 0.6) is 0 Å². The third-order valence-electron chi connectivity index (χ3n) is 3.88. The van der Waals surface area contributed by atoms with E-state index in [4.69, 9.17) is 4.42 Å². The molecule has 142 valence electrons. The molecule has 1 aromatic carbocycles. The summed E-state index contributed by atoms with van der Waals surface area (Å²) in [4.78, 5) is 7.46. The SMILES string of the molecule is CN=C(NCCCSc1ccc(F)cc1)NCC(c1ccco1)N(C)C. The Labute approximate surface area is 159 Å². The number of hydrogen-bond acceptors (Lipinski definition) is 4. The highest BCUT2D eigenvalue weighted by molar-refractivity contribution is 7.99. The van der Waals surface area contributed by atoms with E-state index in [2.05, 4.69) is 20.5 Å². The van der Waals surface area contributed by atoms with Gasteiger partial charge in [-0.3, -0.25) is 9.89 Å². The first-order valence-electron chi connectivity index (χ1n) is 8.63. The van der Waals surface area contributed by atoms with Crippen LogP contribution in [0.4, 0.5) is 4.39 Å². The van der Waals surface area contributed by atoms with Crippen LogP contribution in [0.15, 0.2) is 57.0 Å². The number of hydrogen-bond donors (Lipinski definition) is 2. The lowest BCUT2D eigenvalue weighted by molar-refractivity contribution is 0.258. The Kier molecular flexibility index (Phi) is 8.50. The molecule has 0 aliphatic rings. The zero-order chi connectivity index (χ0) is 18.8. The Hall–Kier alpha value is -1.99. The van der Waals surface area contributed by atoms with Gasteiger partial charge in [0.1, 0.15) is 11.6 Å². The van der Waals surface area contributed by atoms with Crippen LogP contribution in [-0.4, -0.2) is 50.8 Å². The maximum absolute atomic E-state index is 12.9. The molecule has 5 nitrogen and oxygen atoms in total. The highest BCUT2D eigenvalue weighted by Crippen LogP contribution is 2.19. The summed E-state index contributed by atoms with van der Waals surface area (Å²) in [6.45, 7) is 1.52. The molecular weight excluding hydrogens is 351 g/mol. The maximum Gasteiger partial charge on any atom is 0.191 e. The molecule has 0 aliphatic heterocycles. The Balaban J connectivity index is 1.68. The van der Waals surface area contributed by atoms with Crippen LogP contribution in [0, 0.1) is 5.82 Å². The highest BCUT2D eigenvalue weighted by atomic mass is 32.2. The number of thioether (sulfide) groups is 1. The minimum absolute atomic E-state index is 0.137. The Morgan fingerprint density at radius 2 is 2.00 bits per heavy atom. The maximum atomic E-state index is 12.9. The second-order valence-corrected chi connectivity index (χ2v) is 7.20. The molecule has 0 spiro atoms. The number of aliphatic imine (C=N–C) groups is 1. The summed E-state index contributed by atoms with van der Waals surface area (Å²) in [5, 5.41) is 6.66. The van der Waals surface area contributed by atoms with E-state index in [0.29, 0.717) is 6.54 Å². The summed E-state index contributed by atoms with van der Waals surface area (Å²) in [6, 6.07) is 10.6. The van der Waals surface area contributed by atoms with Crippen molar-refractivity contribution in [3.05, 3.63) is 54.2 Å². The molecule has 1 atom stereocenters. The van der Waals surface area contributed by atoms with Crippen molar-refractivity contribution in [3.63, 3.8) is 0 Å². The summed E-state index contributed by atoms with van der Waals surface area (Å²) >= 11 is 1.72. The van der Waals surface area contributed by atoms with E-state index in [1.54, 1.807) is 25.1 Å². The van der Waals surface area contributed by atoms with E-state index in [-0.39, 0.29) is 11.9 Å². The van der Waals surface area contributed by atoms with E-state index >= 15 is 0 Å². The van der Waals surface area contributed by atoms with Crippen LogP contribution in [0.25, 0.3) is 0 Å². The van der Waals surface area contributed by atoms with Crippen LogP contribution in [0.1, 0.15) is 18.2 Å². The molecule has 0 fully saturated rings. The first kappa shape index (κ1) is 20.3. The minimum Gasteiger partial charge on any atom is -0.468 e. The number of likely N-dealkylation sites (N-methyl/N-ethyl adjacent to an activating group) is 1. The first-order chi connectivity index (χ1) is 12.6. The van der Waals surface area contributed by atoms with Crippen molar-refractivity contribution in [1.82, 2.24) is 15.5 Å². The van der Waals surface area contributed by atoms with Gasteiger partial charge in [0.15, 0.2) is 5.96 Å². The molecule has 2 rings (SSSR count). The second-order valence-electron chi connectivity index (χ2n) is 6.03. The lowest BCUT2D eigenvalue weighted by atomic mass is 10.2. The van der Waals surface area contributed by atoms with Crippen molar-refractivity contribution < 1.29 is 8.81 Å². The normalized spacial score (nSPS) is 13.0. The Bertz CT molecular complexity index is 659. The van der Waals surface area contributed by atoms with Gasteiger partial charge in [-0.15, -0.1) is 11.8 Å². The topological polar surface area (TPSA) is 52.8 Å². The van der Waals surface area contributed by atoms with Crippen LogP contribution in [0.2, 0.25) is 0 Å². The van der Waals surface area contributed by atoms with Gasteiger partial charge < -0.3 is 15.1 Å². The zero-order valence-electron chi connectivity index (χ0n) is 15.5. The Morgan fingerprint density at radius 1 is 1.23 bits per heavy atom. The van der Waals surface area contributed by atoms with Crippen LogP contribution in [-0.2, 0) is 0 Å². The number of guanidine groups is 1. The molecule has 0 saturated heterocycles. The quantitative estimate of drug-likeness (QED) is 0.303. The molecule has 0 amide bonds. The summed E-state index contributed by atoms with van der Waals surface area (Å²) in [6.07, 6.45) is 2.68. The summed E-state index contributed by atoms with van der Waals surface area (Å²) < 4.78 is 18.4. The number of halogens is 1. The van der Waals surface area contributed by atoms with E-state index < -0.39 is 0 Å². The number of nitrogens with one attached hydrogen (secondary N) is 2. The second kappa shape index (κ2) is 10.9. The molecule has 0 radical (unpaired) electrons. The lowest BCUT2D eigenvalue weighted by Gasteiger charge is -2.23. The summed E-state index contributed by atoms with van der Waals surface area (Å²) in [5.74, 6) is 2.46. The average Bonchev–Trinajstić information content (AvgIpc) is 3.15. The highest BCUT2D eigenvalue weighted by Gasteiger charge is 2.17. The summed E-state index contributed by atoms with van der Waals surface area (Å²) in [7, 11) is 5.82. The summed E-state index contributed by atoms with van der Waals surface area (Å²) in [5.41, 5.74) is 0. The molecule has 0 bridgehead atoms. The zero-order valence-corrected chi connectivity index (χ0v) is 16.4. The van der Waals surface area contributed by atoms with Crippen LogP contribution in [0.3, 0.4) is 0 Å². The number of benzene rings is 1. The molecule has 1 unspecified atom stereocenters. The molecule has 2 N–H and O–H groups in total. The average molecular weight is 379 g/mol. The van der Waals surface area contributed by atoms with Crippen molar-refractivity contribution in [1.29, 1.82) is 0 Å². The van der Waals surface area contributed by atoms with Crippen molar-refractivity contribution in [2.24, 2.45) is 4.99 Å². The van der Waals surface area contributed by atoms with Crippen molar-refractivity contribution >= 4 is 17.7 Å². The monoisotopic (exact) mass is 378 g/mol. The first-order valence-corrected chi connectivity index (χ1v) is 9.61. The standard InChI is InChI=1S/C19H27FN4OS/c1-21-19(23-14-17(24(2)3)18-6-4-12-25-18)22-11-5-13-26-16-9-7-15(20)8-10-16/h4,6-10,12,17H,5,11,13-14H2,1-3H3,(H2,21,22,23). The third-order valence-corrected chi connectivity index (χ3v) is 4.98. The van der Waals surface area contributed by atoms with Gasteiger partial charge in [-0.2, -0.15) is 0 Å². The number of furan rings is 1. The minimum atomic E-state index is -0.198.